The van der Waals surface area contributed by atoms with E-state index in [1.54, 1.807) is 0 Å². The van der Waals surface area contributed by atoms with Crippen LogP contribution >= 0.6 is 0 Å². The summed E-state index contributed by atoms with van der Waals surface area (Å²) in [4.78, 5) is 12.0. The van der Waals surface area contributed by atoms with Gasteiger partial charge in [-0.05, 0) is 0 Å². The SMILES string of the molecule is N[N+]1(CC(=O)c2ccccc2)CCOCC1. The Morgan fingerprint density at radius 2 is 1.88 bits per heavy atom. The van der Waals surface area contributed by atoms with Crippen LogP contribution < -0.4 is 5.84 Å². The average Bonchev–Trinajstić information content (AvgIpc) is 2.30. The molecule has 0 atom stereocenters. The molecule has 0 amide bonds. The number of carbonyl (C=O) groups excluding carboxylic acids is 1. The Bertz CT molecular complexity index is 359. The van der Waals surface area contributed by atoms with E-state index in [2.05, 4.69) is 0 Å². The fourth-order valence-electron chi connectivity index (χ4n) is 1.87. The van der Waals surface area contributed by atoms with Crippen LogP contribution in [0.3, 0.4) is 0 Å². The van der Waals surface area contributed by atoms with E-state index in [1.807, 2.05) is 30.3 Å². The molecule has 0 unspecified atom stereocenters. The van der Waals surface area contributed by atoms with E-state index >= 15 is 0 Å². The van der Waals surface area contributed by atoms with Gasteiger partial charge in [0.2, 0.25) is 5.78 Å². The topological polar surface area (TPSA) is 52.3 Å². The van der Waals surface area contributed by atoms with Gasteiger partial charge in [-0.1, -0.05) is 30.3 Å². The maximum atomic E-state index is 12.0. The van der Waals surface area contributed by atoms with Crippen LogP contribution in [0.5, 0.6) is 0 Å². The number of nitrogens with two attached hydrogens (primary N) is 1. The molecule has 4 heteroatoms. The van der Waals surface area contributed by atoms with Crippen molar-refractivity contribution < 1.29 is 14.1 Å². The second-order valence-electron chi connectivity index (χ2n) is 4.23. The third-order valence-corrected chi connectivity index (χ3v) is 2.92. The summed E-state index contributed by atoms with van der Waals surface area (Å²) in [5, 5.41) is 0. The Balaban J connectivity index is 2.01. The molecule has 0 spiro atoms. The number of nitrogens with zero attached hydrogens (tertiary/aromatic N) is 1. The molecule has 1 aromatic rings. The molecular weight excluding hydrogens is 204 g/mol. The van der Waals surface area contributed by atoms with Crippen molar-refractivity contribution in [1.82, 2.24) is 0 Å². The number of ether oxygens (including phenoxy) is 1. The molecule has 1 fully saturated rings. The predicted molar refractivity (Wildman–Crippen MR) is 60.6 cm³/mol. The highest BCUT2D eigenvalue weighted by Crippen LogP contribution is 2.08. The Labute approximate surface area is 95.2 Å². The van der Waals surface area contributed by atoms with Crippen LogP contribution in [0.25, 0.3) is 0 Å². The molecule has 4 nitrogen and oxygen atoms in total. The predicted octanol–water partition coefficient (Wildman–Crippen LogP) is 0.590. The fourth-order valence-corrected chi connectivity index (χ4v) is 1.87. The van der Waals surface area contributed by atoms with Gasteiger partial charge in [0.25, 0.3) is 0 Å². The molecule has 0 saturated carbocycles. The molecule has 0 bridgehead atoms. The first kappa shape index (κ1) is 11.3. The van der Waals surface area contributed by atoms with Gasteiger partial charge >= 0.3 is 0 Å². The van der Waals surface area contributed by atoms with Crippen molar-refractivity contribution in [2.75, 3.05) is 32.8 Å². The van der Waals surface area contributed by atoms with Crippen LogP contribution in [0.15, 0.2) is 30.3 Å². The second-order valence-corrected chi connectivity index (χ2v) is 4.23. The average molecular weight is 221 g/mol. The Morgan fingerprint density at radius 3 is 2.50 bits per heavy atom. The lowest BCUT2D eigenvalue weighted by Gasteiger charge is -2.35. The molecule has 16 heavy (non-hydrogen) atoms. The molecule has 0 aromatic heterocycles. The number of Topliss-reactive ketones (excluding diaryl/α,β-unsaturated/α-hetero) is 1. The van der Waals surface area contributed by atoms with Crippen molar-refractivity contribution >= 4 is 5.78 Å². The van der Waals surface area contributed by atoms with Crippen molar-refractivity contribution in [2.24, 2.45) is 5.84 Å². The van der Waals surface area contributed by atoms with Crippen LogP contribution in [0, 0.1) is 0 Å². The van der Waals surface area contributed by atoms with E-state index in [4.69, 9.17) is 10.6 Å². The summed E-state index contributed by atoms with van der Waals surface area (Å²) in [6, 6.07) is 9.29. The standard InChI is InChI=1S/C12H17N2O2/c13-14(6-8-16-9-7-14)10-12(15)11-4-2-1-3-5-11/h1-5H,6-10,13H2/q+1. The van der Waals surface area contributed by atoms with Crippen molar-refractivity contribution in [2.45, 2.75) is 0 Å². The van der Waals surface area contributed by atoms with Crippen LogP contribution in [0.1, 0.15) is 10.4 Å². The zero-order chi connectivity index (χ0) is 11.4. The summed E-state index contributed by atoms with van der Waals surface area (Å²) in [7, 11) is 0. The molecule has 1 aliphatic heterocycles. The third-order valence-electron chi connectivity index (χ3n) is 2.92. The molecule has 0 aliphatic carbocycles. The second kappa shape index (κ2) is 4.74. The quantitative estimate of drug-likeness (QED) is 0.462. The van der Waals surface area contributed by atoms with E-state index in [0.717, 1.165) is 5.56 Å². The molecule has 1 saturated heterocycles. The third kappa shape index (κ3) is 2.66. The first-order valence-corrected chi connectivity index (χ1v) is 5.50. The number of carbonyl (C=O) groups is 1. The Hall–Kier alpha value is -1.23. The number of rotatable bonds is 3. The number of hydrogen-bond donors (Lipinski definition) is 1. The number of hydrogen-bond acceptors (Lipinski definition) is 3. The maximum absolute atomic E-state index is 12.0. The van der Waals surface area contributed by atoms with E-state index in [1.165, 1.54) is 0 Å². The lowest BCUT2D eigenvalue weighted by Crippen LogP contribution is -2.62. The van der Waals surface area contributed by atoms with Crippen molar-refractivity contribution in [3.05, 3.63) is 35.9 Å². The monoisotopic (exact) mass is 221 g/mol. The Kier molecular flexibility index (Phi) is 3.33. The van der Waals surface area contributed by atoms with E-state index < -0.39 is 0 Å². The Morgan fingerprint density at radius 1 is 1.25 bits per heavy atom. The smallest absolute Gasteiger partial charge is 0.218 e. The highest BCUT2D eigenvalue weighted by molar-refractivity contribution is 5.96. The molecular formula is C12H17N2O2+. The zero-order valence-corrected chi connectivity index (χ0v) is 9.26. The van der Waals surface area contributed by atoms with Gasteiger partial charge in [-0.2, -0.15) is 5.84 Å². The highest BCUT2D eigenvalue weighted by atomic mass is 16.5. The van der Waals surface area contributed by atoms with Crippen molar-refractivity contribution in [1.29, 1.82) is 0 Å². The van der Waals surface area contributed by atoms with Gasteiger partial charge in [-0.25, -0.2) is 4.59 Å². The molecule has 2 rings (SSSR count). The van der Waals surface area contributed by atoms with Crippen LogP contribution in [0.2, 0.25) is 0 Å². The van der Waals surface area contributed by atoms with Gasteiger partial charge < -0.3 is 4.74 Å². The highest BCUT2D eigenvalue weighted by Gasteiger charge is 2.29. The minimum Gasteiger partial charge on any atom is -0.370 e. The van der Waals surface area contributed by atoms with Gasteiger partial charge in [0.15, 0.2) is 6.54 Å². The van der Waals surface area contributed by atoms with Crippen LogP contribution in [-0.4, -0.2) is 43.2 Å². The summed E-state index contributed by atoms with van der Waals surface area (Å²) in [5.74, 6) is 6.24. The lowest BCUT2D eigenvalue weighted by atomic mass is 10.1. The largest absolute Gasteiger partial charge is 0.370 e. The van der Waals surface area contributed by atoms with Crippen molar-refractivity contribution in [3.63, 3.8) is 0 Å². The minimum atomic E-state index is 0.102. The van der Waals surface area contributed by atoms with Gasteiger partial charge in [0, 0.05) is 5.56 Å². The summed E-state index contributed by atoms with van der Waals surface area (Å²) < 4.78 is 5.54. The number of quaternary nitrogens is 1. The molecule has 2 N–H and O–H groups in total. The zero-order valence-electron chi connectivity index (χ0n) is 9.26. The molecule has 1 aliphatic rings. The van der Waals surface area contributed by atoms with E-state index in [9.17, 15) is 4.79 Å². The molecule has 1 aromatic carbocycles. The molecule has 86 valence electrons. The summed E-state index contributed by atoms with van der Waals surface area (Å²) in [6.07, 6.45) is 0. The first-order valence-electron chi connectivity index (χ1n) is 5.50. The first-order chi connectivity index (χ1) is 7.70. The van der Waals surface area contributed by atoms with Crippen LogP contribution in [-0.2, 0) is 4.74 Å². The van der Waals surface area contributed by atoms with Crippen molar-refractivity contribution in [3.8, 4) is 0 Å². The maximum Gasteiger partial charge on any atom is 0.218 e. The van der Waals surface area contributed by atoms with Gasteiger partial charge in [-0.15, -0.1) is 0 Å². The van der Waals surface area contributed by atoms with Gasteiger partial charge in [0.1, 0.15) is 13.1 Å². The summed E-state index contributed by atoms with van der Waals surface area (Å²) in [6.45, 7) is 3.04. The van der Waals surface area contributed by atoms with Gasteiger partial charge in [-0.3, -0.25) is 4.79 Å². The minimum absolute atomic E-state index is 0.102. The van der Waals surface area contributed by atoms with E-state index in [0.29, 0.717) is 37.4 Å². The number of morpholine rings is 1. The number of ketones is 1. The summed E-state index contributed by atoms with van der Waals surface area (Å²) in [5.41, 5.74) is 0.733. The summed E-state index contributed by atoms with van der Waals surface area (Å²) >= 11 is 0. The lowest BCUT2D eigenvalue weighted by molar-refractivity contribution is -0.939. The van der Waals surface area contributed by atoms with E-state index in [-0.39, 0.29) is 5.78 Å². The normalized spacial score (nSPS) is 19.3. The number of benzene rings is 1. The van der Waals surface area contributed by atoms with Gasteiger partial charge in [0.05, 0.1) is 13.2 Å². The van der Waals surface area contributed by atoms with Crippen LogP contribution in [0.4, 0.5) is 0 Å². The molecule has 0 radical (unpaired) electrons. The fraction of sp³-hybridized carbons (Fsp3) is 0.417. The molecule has 1 heterocycles.